The molecule has 2 bridgehead atoms. The quantitative estimate of drug-likeness (QED) is 0.821. The third kappa shape index (κ3) is 3.78. The van der Waals surface area contributed by atoms with Gasteiger partial charge in [-0.15, -0.1) is 0 Å². The first-order valence-electron chi connectivity index (χ1n) is 10.9. The average Bonchev–Trinajstić information content (AvgIpc) is 2.79. The Balaban J connectivity index is 1.43. The van der Waals surface area contributed by atoms with E-state index in [9.17, 15) is 14.4 Å². The van der Waals surface area contributed by atoms with Gasteiger partial charge in [0.25, 0.3) is 5.56 Å². The molecule has 2 atom stereocenters. The van der Waals surface area contributed by atoms with Crippen molar-refractivity contribution in [1.29, 1.82) is 0 Å². The standard InChI is InChI=1S/C24H26N2O5/c27-22-11-19(16-1-3-18(4-2-16)24(29)30)10-21-20-9-15(13-26(21)22)12-25(14-20)23(28)17-5-7-31-8-6-17/h1-4,10-11,15,17,20H,5-9,12-14H2,(H,29,30)/t15-,20+/m0/s1. The first-order valence-corrected chi connectivity index (χ1v) is 10.9. The van der Waals surface area contributed by atoms with Gasteiger partial charge in [0, 0.05) is 56.4 Å². The Bertz CT molecular complexity index is 1070. The summed E-state index contributed by atoms with van der Waals surface area (Å²) in [5.41, 5.74) is 2.77. The number of likely N-dealkylation sites (tertiary alicyclic amines) is 1. The van der Waals surface area contributed by atoms with Crippen molar-refractivity contribution in [1.82, 2.24) is 9.47 Å². The van der Waals surface area contributed by atoms with Gasteiger partial charge in [0.05, 0.1) is 5.56 Å². The molecule has 0 aliphatic carbocycles. The van der Waals surface area contributed by atoms with E-state index in [2.05, 4.69) is 0 Å². The molecule has 1 N–H and O–H groups in total. The highest BCUT2D eigenvalue weighted by atomic mass is 16.5. The molecule has 0 radical (unpaired) electrons. The molecule has 2 saturated heterocycles. The Kier molecular flexibility index (Phi) is 5.14. The number of rotatable bonds is 3. The number of piperidine rings is 1. The van der Waals surface area contributed by atoms with Crippen molar-refractivity contribution in [3.8, 4) is 11.1 Å². The molecule has 162 valence electrons. The Morgan fingerprint density at radius 1 is 0.968 bits per heavy atom. The largest absolute Gasteiger partial charge is 0.478 e. The third-order valence-corrected chi connectivity index (χ3v) is 6.90. The molecule has 7 heteroatoms. The fourth-order valence-electron chi connectivity index (χ4n) is 5.31. The Morgan fingerprint density at radius 2 is 1.71 bits per heavy atom. The van der Waals surface area contributed by atoms with Crippen molar-refractivity contribution < 1.29 is 19.4 Å². The number of hydrogen-bond acceptors (Lipinski definition) is 4. The van der Waals surface area contributed by atoms with Crippen LogP contribution in [0.4, 0.5) is 0 Å². The number of carboxylic acid groups (broad SMARTS) is 1. The van der Waals surface area contributed by atoms with Crippen LogP contribution in [0.3, 0.4) is 0 Å². The number of pyridine rings is 1. The number of fused-ring (bicyclic) bond motifs is 4. The van der Waals surface area contributed by atoms with E-state index in [1.54, 1.807) is 30.3 Å². The monoisotopic (exact) mass is 422 g/mol. The van der Waals surface area contributed by atoms with Gasteiger partial charge >= 0.3 is 5.97 Å². The number of amides is 1. The Hall–Kier alpha value is -2.93. The number of aromatic nitrogens is 1. The molecule has 0 saturated carbocycles. The maximum absolute atomic E-state index is 13.1. The van der Waals surface area contributed by atoms with Crippen LogP contribution in [-0.4, -0.2) is 52.8 Å². The summed E-state index contributed by atoms with van der Waals surface area (Å²) in [6.45, 7) is 3.31. The van der Waals surface area contributed by atoms with Crippen LogP contribution in [0.1, 0.15) is 41.2 Å². The number of ether oxygens (including phenoxy) is 1. The van der Waals surface area contributed by atoms with Crippen LogP contribution in [0.25, 0.3) is 11.1 Å². The first kappa shape index (κ1) is 20.0. The minimum Gasteiger partial charge on any atom is -0.478 e. The predicted molar refractivity (Wildman–Crippen MR) is 114 cm³/mol. The van der Waals surface area contributed by atoms with Gasteiger partial charge in [-0.2, -0.15) is 0 Å². The average molecular weight is 422 g/mol. The second kappa shape index (κ2) is 7.96. The molecule has 1 aromatic carbocycles. The van der Waals surface area contributed by atoms with Crippen molar-refractivity contribution in [3.05, 3.63) is 58.0 Å². The van der Waals surface area contributed by atoms with Gasteiger partial charge in [0.1, 0.15) is 0 Å². The topological polar surface area (TPSA) is 88.8 Å². The van der Waals surface area contributed by atoms with Crippen molar-refractivity contribution in [2.75, 3.05) is 26.3 Å². The zero-order valence-corrected chi connectivity index (χ0v) is 17.3. The molecular formula is C24H26N2O5. The lowest BCUT2D eigenvalue weighted by Crippen LogP contribution is -2.51. The number of hydrogen-bond donors (Lipinski definition) is 1. The van der Waals surface area contributed by atoms with Crippen LogP contribution in [-0.2, 0) is 16.1 Å². The predicted octanol–water partition coefficient (Wildman–Crippen LogP) is 2.59. The molecular weight excluding hydrogens is 396 g/mol. The fraction of sp³-hybridized carbons (Fsp3) is 0.458. The molecule has 4 heterocycles. The number of carbonyl (C=O) groups excluding carboxylic acids is 1. The number of nitrogens with zero attached hydrogens (tertiary/aromatic N) is 2. The van der Waals surface area contributed by atoms with E-state index < -0.39 is 5.97 Å². The van der Waals surface area contributed by atoms with Crippen molar-refractivity contribution in [3.63, 3.8) is 0 Å². The number of carbonyl (C=O) groups is 2. The SMILES string of the molecule is O=C(O)c1ccc(-c2cc3n(c(=O)c2)C[C@H]2C[C@@H]3CN(C(=O)C3CCOCC3)C2)cc1. The molecule has 5 rings (SSSR count). The maximum atomic E-state index is 13.1. The highest BCUT2D eigenvalue weighted by molar-refractivity contribution is 5.88. The lowest BCUT2D eigenvalue weighted by Gasteiger charge is -2.44. The van der Waals surface area contributed by atoms with Crippen molar-refractivity contribution >= 4 is 11.9 Å². The van der Waals surface area contributed by atoms with Gasteiger partial charge in [0.2, 0.25) is 5.91 Å². The van der Waals surface area contributed by atoms with Crippen LogP contribution in [0, 0.1) is 11.8 Å². The van der Waals surface area contributed by atoms with Gasteiger partial charge in [-0.1, -0.05) is 12.1 Å². The minimum atomic E-state index is -0.973. The molecule has 0 unspecified atom stereocenters. The van der Waals surface area contributed by atoms with Gasteiger partial charge in [-0.25, -0.2) is 4.79 Å². The minimum absolute atomic E-state index is 0.0336. The summed E-state index contributed by atoms with van der Waals surface area (Å²) >= 11 is 0. The first-order chi connectivity index (χ1) is 15.0. The van der Waals surface area contributed by atoms with E-state index in [0.717, 1.165) is 42.6 Å². The van der Waals surface area contributed by atoms with Crippen LogP contribution in [0.15, 0.2) is 41.2 Å². The third-order valence-electron chi connectivity index (χ3n) is 6.90. The highest BCUT2D eigenvalue weighted by Gasteiger charge is 2.38. The summed E-state index contributed by atoms with van der Waals surface area (Å²) in [4.78, 5) is 39.1. The van der Waals surface area contributed by atoms with Crippen LogP contribution in [0.5, 0.6) is 0 Å². The number of carboxylic acids is 1. The molecule has 2 aromatic rings. The second-order valence-corrected chi connectivity index (χ2v) is 8.93. The van der Waals surface area contributed by atoms with E-state index in [1.807, 2.05) is 15.5 Å². The zero-order valence-electron chi connectivity index (χ0n) is 17.3. The molecule has 7 nitrogen and oxygen atoms in total. The normalized spacial score (nSPS) is 23.3. The second-order valence-electron chi connectivity index (χ2n) is 8.93. The van der Waals surface area contributed by atoms with Gasteiger partial charge in [-0.05, 0) is 54.5 Å². The maximum Gasteiger partial charge on any atom is 0.335 e. The molecule has 3 aliphatic rings. The van der Waals surface area contributed by atoms with Crippen LogP contribution in [0.2, 0.25) is 0 Å². The van der Waals surface area contributed by atoms with Crippen molar-refractivity contribution in [2.45, 2.75) is 31.7 Å². The highest BCUT2D eigenvalue weighted by Crippen LogP contribution is 2.37. The number of benzene rings is 1. The fourth-order valence-corrected chi connectivity index (χ4v) is 5.31. The zero-order chi connectivity index (χ0) is 21.5. The Morgan fingerprint density at radius 3 is 2.42 bits per heavy atom. The number of aromatic carboxylic acids is 1. The molecule has 0 spiro atoms. The van der Waals surface area contributed by atoms with Gasteiger partial charge in [-0.3, -0.25) is 9.59 Å². The van der Waals surface area contributed by atoms with E-state index >= 15 is 0 Å². The Labute approximate surface area is 180 Å². The van der Waals surface area contributed by atoms with E-state index in [0.29, 0.717) is 32.2 Å². The molecule has 3 aliphatic heterocycles. The van der Waals surface area contributed by atoms with Crippen LogP contribution < -0.4 is 5.56 Å². The molecule has 31 heavy (non-hydrogen) atoms. The summed E-state index contributed by atoms with van der Waals surface area (Å²) in [6, 6.07) is 10.3. The van der Waals surface area contributed by atoms with Crippen molar-refractivity contribution in [2.24, 2.45) is 11.8 Å². The summed E-state index contributed by atoms with van der Waals surface area (Å²) in [5, 5.41) is 9.12. The molecule has 2 fully saturated rings. The van der Waals surface area contributed by atoms with Gasteiger partial charge in [0.15, 0.2) is 0 Å². The lowest BCUT2D eigenvalue weighted by molar-refractivity contribution is -0.141. The summed E-state index contributed by atoms with van der Waals surface area (Å²) in [5.74, 6) is -0.252. The summed E-state index contributed by atoms with van der Waals surface area (Å²) < 4.78 is 7.27. The lowest BCUT2D eigenvalue weighted by atomic mass is 9.81. The smallest absolute Gasteiger partial charge is 0.335 e. The van der Waals surface area contributed by atoms with E-state index in [-0.39, 0.29) is 28.9 Å². The molecule has 1 aromatic heterocycles. The van der Waals surface area contributed by atoms with E-state index in [1.165, 1.54) is 0 Å². The van der Waals surface area contributed by atoms with Gasteiger partial charge < -0.3 is 19.3 Å². The summed E-state index contributed by atoms with van der Waals surface area (Å²) in [6.07, 6.45) is 2.56. The molecule has 1 amide bonds. The van der Waals surface area contributed by atoms with E-state index in [4.69, 9.17) is 9.84 Å². The van der Waals surface area contributed by atoms with Crippen LogP contribution >= 0.6 is 0 Å². The summed E-state index contributed by atoms with van der Waals surface area (Å²) in [7, 11) is 0.